The van der Waals surface area contributed by atoms with Crippen molar-refractivity contribution in [3.63, 3.8) is 0 Å². The molecule has 23 heavy (non-hydrogen) atoms. The lowest BCUT2D eigenvalue weighted by atomic mass is 10.2. The van der Waals surface area contributed by atoms with Gasteiger partial charge in [-0.2, -0.15) is 0 Å². The molecule has 2 N–H and O–H groups in total. The van der Waals surface area contributed by atoms with Crippen molar-refractivity contribution in [3.8, 4) is 17.6 Å². The second-order valence-corrected chi connectivity index (χ2v) is 4.95. The first-order valence-electron chi connectivity index (χ1n) is 7.20. The Bertz CT molecular complexity index is 718. The predicted octanol–water partition coefficient (Wildman–Crippen LogP) is 3.91. The Balaban J connectivity index is 1.80. The molecule has 2 aromatic rings. The zero-order chi connectivity index (χ0) is 16.5. The summed E-state index contributed by atoms with van der Waals surface area (Å²) < 4.78 is 5.34. The fourth-order valence-corrected chi connectivity index (χ4v) is 1.99. The van der Waals surface area contributed by atoms with Gasteiger partial charge < -0.3 is 15.4 Å². The van der Waals surface area contributed by atoms with Crippen molar-refractivity contribution in [1.29, 1.82) is 0 Å². The molecule has 0 aliphatic carbocycles. The van der Waals surface area contributed by atoms with E-state index >= 15 is 0 Å². The van der Waals surface area contributed by atoms with E-state index in [-0.39, 0.29) is 12.6 Å². The van der Waals surface area contributed by atoms with Crippen LogP contribution in [0.4, 0.5) is 10.5 Å². The minimum atomic E-state index is -0.317. The van der Waals surface area contributed by atoms with Crippen LogP contribution in [0.3, 0.4) is 0 Å². The van der Waals surface area contributed by atoms with Gasteiger partial charge in [-0.1, -0.05) is 35.6 Å². The van der Waals surface area contributed by atoms with Crippen LogP contribution >= 0.6 is 11.6 Å². The predicted molar refractivity (Wildman–Crippen MR) is 93.0 cm³/mol. The van der Waals surface area contributed by atoms with Gasteiger partial charge in [-0.15, -0.1) is 0 Å². The molecule has 118 valence electrons. The summed E-state index contributed by atoms with van der Waals surface area (Å²) in [6.45, 7) is 2.76. The second-order valence-electron chi connectivity index (χ2n) is 4.55. The van der Waals surface area contributed by atoms with Crippen molar-refractivity contribution in [1.82, 2.24) is 5.32 Å². The van der Waals surface area contributed by atoms with Crippen molar-refractivity contribution in [3.05, 3.63) is 59.1 Å². The molecule has 0 atom stereocenters. The average molecular weight is 329 g/mol. The maximum atomic E-state index is 11.8. The van der Waals surface area contributed by atoms with E-state index in [1.165, 1.54) is 0 Å². The van der Waals surface area contributed by atoms with Gasteiger partial charge in [-0.05, 0) is 43.3 Å². The number of hydrogen-bond acceptors (Lipinski definition) is 2. The van der Waals surface area contributed by atoms with E-state index in [9.17, 15) is 4.79 Å². The maximum absolute atomic E-state index is 11.8. The first kappa shape index (κ1) is 16.7. The Morgan fingerprint density at radius 3 is 2.61 bits per heavy atom. The highest BCUT2D eigenvalue weighted by Crippen LogP contribution is 2.15. The highest BCUT2D eigenvalue weighted by atomic mass is 35.5. The largest absolute Gasteiger partial charge is 0.494 e. The van der Waals surface area contributed by atoms with Crippen LogP contribution in [0.1, 0.15) is 12.5 Å². The number of urea groups is 1. The first-order chi connectivity index (χ1) is 11.2. The standard InChI is InChI=1S/C18H17ClN2O2/c1-2-23-16-11-9-15(10-12-16)21-18(22)20-13-5-7-14-6-3-4-8-17(14)19/h3-4,6,8-12H,2,13H2,1H3,(H2,20,21,22). The van der Waals surface area contributed by atoms with E-state index < -0.39 is 0 Å². The summed E-state index contributed by atoms with van der Waals surface area (Å²) in [5, 5.41) is 5.98. The molecule has 2 aromatic carbocycles. The van der Waals surface area contributed by atoms with E-state index in [1.807, 2.05) is 25.1 Å². The Labute approximate surface area is 140 Å². The smallest absolute Gasteiger partial charge is 0.319 e. The number of amides is 2. The topological polar surface area (TPSA) is 50.4 Å². The fourth-order valence-electron chi connectivity index (χ4n) is 1.80. The van der Waals surface area contributed by atoms with Gasteiger partial charge >= 0.3 is 6.03 Å². The van der Waals surface area contributed by atoms with E-state index in [0.717, 1.165) is 11.3 Å². The molecule has 0 radical (unpaired) electrons. The summed E-state index contributed by atoms with van der Waals surface area (Å²) in [4.78, 5) is 11.8. The van der Waals surface area contributed by atoms with Crippen LogP contribution in [0, 0.1) is 11.8 Å². The third kappa shape index (κ3) is 5.57. The summed E-state index contributed by atoms with van der Waals surface area (Å²) in [7, 11) is 0. The van der Waals surface area contributed by atoms with Gasteiger partial charge in [0.15, 0.2) is 0 Å². The van der Waals surface area contributed by atoms with Gasteiger partial charge in [0.05, 0.1) is 18.2 Å². The van der Waals surface area contributed by atoms with Crippen molar-refractivity contribution >= 4 is 23.3 Å². The zero-order valence-corrected chi connectivity index (χ0v) is 13.5. The minimum Gasteiger partial charge on any atom is -0.494 e. The SMILES string of the molecule is CCOc1ccc(NC(=O)NCC#Cc2ccccc2Cl)cc1. The zero-order valence-electron chi connectivity index (χ0n) is 12.7. The van der Waals surface area contributed by atoms with E-state index in [1.54, 1.807) is 30.3 Å². The minimum absolute atomic E-state index is 0.230. The highest BCUT2D eigenvalue weighted by Gasteiger charge is 2.00. The van der Waals surface area contributed by atoms with Crippen molar-refractivity contribution in [2.75, 3.05) is 18.5 Å². The number of carbonyl (C=O) groups excluding carboxylic acids is 1. The van der Waals surface area contributed by atoms with Crippen LogP contribution in [0.2, 0.25) is 5.02 Å². The number of carbonyl (C=O) groups is 1. The van der Waals surface area contributed by atoms with Gasteiger partial charge in [-0.25, -0.2) is 4.79 Å². The van der Waals surface area contributed by atoms with Crippen molar-refractivity contribution in [2.24, 2.45) is 0 Å². The molecular formula is C18H17ClN2O2. The summed E-state index contributed by atoms with van der Waals surface area (Å²) in [6.07, 6.45) is 0. The van der Waals surface area contributed by atoms with Gasteiger partial charge in [-0.3, -0.25) is 0 Å². The normalized spacial score (nSPS) is 9.48. The monoisotopic (exact) mass is 328 g/mol. The lowest BCUT2D eigenvalue weighted by Crippen LogP contribution is -2.28. The van der Waals surface area contributed by atoms with E-state index in [4.69, 9.17) is 16.3 Å². The van der Waals surface area contributed by atoms with Gasteiger partial charge in [0.2, 0.25) is 0 Å². The number of anilines is 1. The Morgan fingerprint density at radius 1 is 1.17 bits per heavy atom. The molecule has 0 saturated heterocycles. The quantitative estimate of drug-likeness (QED) is 0.836. The molecule has 0 saturated carbocycles. The number of hydrogen-bond donors (Lipinski definition) is 2. The summed E-state index contributed by atoms with van der Waals surface area (Å²) in [5.74, 6) is 6.54. The number of nitrogens with one attached hydrogen (secondary N) is 2. The summed E-state index contributed by atoms with van der Waals surface area (Å²) in [6, 6.07) is 14.2. The molecule has 0 aromatic heterocycles. The third-order valence-electron chi connectivity index (χ3n) is 2.86. The van der Waals surface area contributed by atoms with Crippen LogP contribution in [-0.4, -0.2) is 19.2 Å². The molecule has 0 unspecified atom stereocenters. The molecule has 0 spiro atoms. The second kappa shape index (κ2) is 8.72. The molecule has 5 heteroatoms. The molecule has 0 bridgehead atoms. The van der Waals surface area contributed by atoms with E-state index in [2.05, 4.69) is 22.5 Å². The lowest BCUT2D eigenvalue weighted by Gasteiger charge is -2.07. The Hall–Kier alpha value is -2.64. The molecule has 0 fully saturated rings. The third-order valence-corrected chi connectivity index (χ3v) is 3.19. The van der Waals surface area contributed by atoms with Crippen molar-refractivity contribution < 1.29 is 9.53 Å². The summed E-state index contributed by atoms with van der Waals surface area (Å²) in [5.41, 5.74) is 1.42. The van der Waals surface area contributed by atoms with Crippen LogP contribution in [0.25, 0.3) is 0 Å². The molecule has 0 aliphatic rings. The maximum Gasteiger partial charge on any atom is 0.319 e. The number of benzene rings is 2. The Kier molecular flexibility index (Phi) is 6.34. The molecule has 2 amide bonds. The van der Waals surface area contributed by atoms with Crippen LogP contribution in [-0.2, 0) is 0 Å². The molecular weight excluding hydrogens is 312 g/mol. The highest BCUT2D eigenvalue weighted by molar-refractivity contribution is 6.31. The van der Waals surface area contributed by atoms with Gasteiger partial charge in [0, 0.05) is 11.3 Å². The molecule has 2 rings (SSSR count). The molecule has 4 nitrogen and oxygen atoms in total. The molecule has 0 aliphatic heterocycles. The average Bonchev–Trinajstić information content (AvgIpc) is 2.55. The van der Waals surface area contributed by atoms with Crippen LogP contribution in [0.5, 0.6) is 5.75 Å². The first-order valence-corrected chi connectivity index (χ1v) is 7.58. The summed E-state index contributed by atoms with van der Waals surface area (Å²) >= 11 is 6.00. The van der Waals surface area contributed by atoms with Gasteiger partial charge in [0.1, 0.15) is 5.75 Å². The molecule has 0 heterocycles. The van der Waals surface area contributed by atoms with Crippen LogP contribution < -0.4 is 15.4 Å². The number of ether oxygens (including phenoxy) is 1. The van der Waals surface area contributed by atoms with Crippen molar-refractivity contribution in [2.45, 2.75) is 6.92 Å². The Morgan fingerprint density at radius 2 is 1.91 bits per heavy atom. The van der Waals surface area contributed by atoms with Gasteiger partial charge in [0.25, 0.3) is 0 Å². The lowest BCUT2D eigenvalue weighted by molar-refractivity contribution is 0.253. The van der Waals surface area contributed by atoms with E-state index in [0.29, 0.717) is 17.3 Å². The number of rotatable bonds is 4. The fraction of sp³-hybridized carbons (Fsp3) is 0.167. The van der Waals surface area contributed by atoms with Crippen LogP contribution in [0.15, 0.2) is 48.5 Å². The number of halogens is 1.